The lowest BCUT2D eigenvalue weighted by Gasteiger charge is -2.33. The molecular formula is C24H20N4O3S. The van der Waals surface area contributed by atoms with E-state index < -0.39 is 10.0 Å². The number of nitriles is 1. The minimum absolute atomic E-state index is 0.201. The second-order valence-corrected chi connectivity index (χ2v) is 9.45. The van der Waals surface area contributed by atoms with E-state index >= 15 is 0 Å². The molecule has 5 rings (SSSR count). The van der Waals surface area contributed by atoms with Gasteiger partial charge in [-0.1, -0.05) is 54.6 Å². The molecule has 1 fully saturated rings. The molecule has 1 aliphatic heterocycles. The summed E-state index contributed by atoms with van der Waals surface area (Å²) in [5.74, 6) is 0.764. The molecule has 0 atom stereocenters. The average molecular weight is 445 g/mol. The summed E-state index contributed by atoms with van der Waals surface area (Å²) in [7, 11) is -3.55. The van der Waals surface area contributed by atoms with Crippen LogP contribution in [0.15, 0.2) is 82.1 Å². The van der Waals surface area contributed by atoms with Gasteiger partial charge < -0.3 is 9.32 Å². The van der Waals surface area contributed by atoms with Gasteiger partial charge in [-0.15, -0.1) is 0 Å². The van der Waals surface area contributed by atoms with Crippen molar-refractivity contribution in [1.29, 1.82) is 5.26 Å². The standard InChI is InChI=1S/C24H20N4O3S/c25-17-22-24(31-23(26-22)21-12-6-8-18-7-4-5-11-20(18)21)27-13-15-28(16-14-27)32(29,30)19-9-2-1-3-10-19/h1-12H,13-16H2. The van der Waals surface area contributed by atoms with Crippen LogP contribution in [0.5, 0.6) is 0 Å². The third-order valence-corrected chi connectivity index (χ3v) is 7.55. The molecule has 0 spiro atoms. The van der Waals surface area contributed by atoms with Gasteiger partial charge in [0.1, 0.15) is 6.07 Å². The van der Waals surface area contributed by atoms with Gasteiger partial charge in [0.2, 0.25) is 27.5 Å². The first-order valence-corrected chi connectivity index (χ1v) is 11.7. The molecular weight excluding hydrogens is 424 g/mol. The first-order chi connectivity index (χ1) is 15.6. The number of anilines is 1. The molecule has 2 heterocycles. The third kappa shape index (κ3) is 3.51. The van der Waals surface area contributed by atoms with Crippen molar-refractivity contribution >= 4 is 26.7 Å². The first-order valence-electron chi connectivity index (χ1n) is 10.3. The Morgan fingerprint density at radius 3 is 2.31 bits per heavy atom. The SMILES string of the molecule is N#Cc1nc(-c2cccc3ccccc23)oc1N1CCN(S(=O)(=O)c2ccccc2)CC1. The van der Waals surface area contributed by atoms with Crippen LogP contribution in [0.3, 0.4) is 0 Å². The highest BCUT2D eigenvalue weighted by atomic mass is 32.2. The van der Waals surface area contributed by atoms with Crippen molar-refractivity contribution in [1.82, 2.24) is 9.29 Å². The van der Waals surface area contributed by atoms with E-state index in [0.29, 0.717) is 38.0 Å². The molecule has 0 amide bonds. The fraction of sp³-hybridized carbons (Fsp3) is 0.167. The molecule has 0 aliphatic carbocycles. The van der Waals surface area contributed by atoms with E-state index in [0.717, 1.165) is 16.3 Å². The molecule has 7 nitrogen and oxygen atoms in total. The van der Waals surface area contributed by atoms with Crippen LogP contribution in [-0.4, -0.2) is 43.9 Å². The number of oxazole rings is 1. The fourth-order valence-electron chi connectivity index (χ4n) is 4.00. The number of nitrogens with zero attached hydrogens (tertiary/aromatic N) is 4. The molecule has 3 aromatic carbocycles. The number of benzene rings is 3. The van der Waals surface area contributed by atoms with E-state index in [1.165, 1.54) is 4.31 Å². The minimum Gasteiger partial charge on any atom is -0.419 e. The monoisotopic (exact) mass is 444 g/mol. The summed E-state index contributed by atoms with van der Waals surface area (Å²) in [6.07, 6.45) is 0. The van der Waals surface area contributed by atoms with Gasteiger partial charge in [-0.05, 0) is 29.0 Å². The number of piperazine rings is 1. The Bertz CT molecular complexity index is 1410. The van der Waals surface area contributed by atoms with Gasteiger partial charge in [0, 0.05) is 31.7 Å². The molecule has 32 heavy (non-hydrogen) atoms. The van der Waals surface area contributed by atoms with Crippen molar-refractivity contribution in [3.05, 3.63) is 78.5 Å². The van der Waals surface area contributed by atoms with Crippen LogP contribution in [-0.2, 0) is 10.0 Å². The highest BCUT2D eigenvalue weighted by molar-refractivity contribution is 7.89. The van der Waals surface area contributed by atoms with Gasteiger partial charge in [0.15, 0.2) is 0 Å². The maximum atomic E-state index is 12.9. The van der Waals surface area contributed by atoms with Gasteiger partial charge in [-0.25, -0.2) is 8.42 Å². The van der Waals surface area contributed by atoms with E-state index in [2.05, 4.69) is 11.1 Å². The van der Waals surface area contributed by atoms with Gasteiger partial charge in [0.25, 0.3) is 0 Å². The summed E-state index contributed by atoms with van der Waals surface area (Å²) in [6, 6.07) is 24.3. The highest BCUT2D eigenvalue weighted by Crippen LogP contribution is 2.33. The number of rotatable bonds is 4. The van der Waals surface area contributed by atoms with Crippen molar-refractivity contribution < 1.29 is 12.8 Å². The van der Waals surface area contributed by atoms with E-state index in [1.807, 2.05) is 47.4 Å². The van der Waals surface area contributed by atoms with Gasteiger partial charge >= 0.3 is 0 Å². The van der Waals surface area contributed by atoms with Crippen molar-refractivity contribution in [3.8, 4) is 17.5 Å². The van der Waals surface area contributed by atoms with Crippen LogP contribution in [0.2, 0.25) is 0 Å². The Morgan fingerprint density at radius 2 is 1.56 bits per heavy atom. The Balaban J connectivity index is 1.41. The van der Waals surface area contributed by atoms with Crippen LogP contribution in [0, 0.1) is 11.3 Å². The van der Waals surface area contributed by atoms with Crippen molar-refractivity contribution in [2.75, 3.05) is 31.1 Å². The summed E-state index contributed by atoms with van der Waals surface area (Å²) < 4.78 is 33.3. The molecule has 4 aromatic rings. The molecule has 1 aliphatic rings. The summed E-state index contributed by atoms with van der Waals surface area (Å²) >= 11 is 0. The van der Waals surface area contributed by atoms with Crippen LogP contribution in [0.4, 0.5) is 5.88 Å². The van der Waals surface area contributed by atoms with E-state index in [1.54, 1.807) is 30.3 Å². The highest BCUT2D eigenvalue weighted by Gasteiger charge is 2.31. The molecule has 0 unspecified atom stereocenters. The Labute approximate surface area is 186 Å². The number of hydrogen-bond donors (Lipinski definition) is 0. The maximum Gasteiger partial charge on any atom is 0.243 e. The first kappa shape index (κ1) is 20.2. The van der Waals surface area contributed by atoms with Gasteiger partial charge in [-0.3, -0.25) is 0 Å². The molecule has 8 heteroatoms. The normalized spacial score (nSPS) is 15.0. The third-order valence-electron chi connectivity index (χ3n) is 5.64. The molecule has 0 N–H and O–H groups in total. The van der Waals surface area contributed by atoms with Gasteiger partial charge in [-0.2, -0.15) is 14.6 Å². The minimum atomic E-state index is -3.55. The average Bonchev–Trinajstić information content (AvgIpc) is 3.28. The van der Waals surface area contributed by atoms with E-state index in [4.69, 9.17) is 4.42 Å². The zero-order valence-corrected chi connectivity index (χ0v) is 18.0. The van der Waals surface area contributed by atoms with Crippen molar-refractivity contribution in [2.24, 2.45) is 0 Å². The predicted octanol–water partition coefficient (Wildman–Crippen LogP) is 3.88. The summed E-state index contributed by atoms with van der Waals surface area (Å²) in [4.78, 5) is 6.61. The number of aromatic nitrogens is 1. The van der Waals surface area contributed by atoms with Crippen molar-refractivity contribution in [3.63, 3.8) is 0 Å². The van der Waals surface area contributed by atoms with Gasteiger partial charge in [0.05, 0.1) is 4.90 Å². The predicted molar refractivity (Wildman–Crippen MR) is 122 cm³/mol. The number of sulfonamides is 1. The molecule has 0 radical (unpaired) electrons. The molecule has 0 saturated carbocycles. The summed E-state index contributed by atoms with van der Waals surface area (Å²) in [6.45, 7) is 1.41. The number of fused-ring (bicyclic) bond motifs is 1. The smallest absolute Gasteiger partial charge is 0.243 e. The second kappa shape index (κ2) is 8.11. The zero-order chi connectivity index (χ0) is 22.1. The fourth-order valence-corrected chi connectivity index (χ4v) is 5.44. The topological polar surface area (TPSA) is 90.4 Å². The van der Waals surface area contributed by atoms with Crippen LogP contribution >= 0.6 is 0 Å². The Morgan fingerprint density at radius 1 is 0.875 bits per heavy atom. The molecule has 1 aromatic heterocycles. The maximum absolute atomic E-state index is 12.9. The van der Waals surface area contributed by atoms with Crippen molar-refractivity contribution in [2.45, 2.75) is 4.90 Å². The molecule has 1 saturated heterocycles. The second-order valence-electron chi connectivity index (χ2n) is 7.52. The largest absolute Gasteiger partial charge is 0.419 e. The quantitative estimate of drug-likeness (QED) is 0.475. The Hall–Kier alpha value is -3.67. The lowest BCUT2D eigenvalue weighted by atomic mass is 10.0. The van der Waals surface area contributed by atoms with E-state index in [-0.39, 0.29) is 10.6 Å². The molecule has 160 valence electrons. The zero-order valence-electron chi connectivity index (χ0n) is 17.2. The molecule has 0 bridgehead atoms. The number of hydrogen-bond acceptors (Lipinski definition) is 6. The van der Waals surface area contributed by atoms with Crippen LogP contribution < -0.4 is 4.90 Å². The summed E-state index contributed by atoms with van der Waals surface area (Å²) in [5, 5.41) is 11.7. The van der Waals surface area contributed by atoms with Crippen LogP contribution in [0.25, 0.3) is 22.2 Å². The lowest BCUT2D eigenvalue weighted by Crippen LogP contribution is -2.48. The Kier molecular flexibility index (Phi) is 5.13. The van der Waals surface area contributed by atoms with E-state index in [9.17, 15) is 13.7 Å². The summed E-state index contributed by atoms with van der Waals surface area (Å²) in [5.41, 5.74) is 1.02. The van der Waals surface area contributed by atoms with Crippen LogP contribution in [0.1, 0.15) is 5.69 Å². The lowest BCUT2D eigenvalue weighted by molar-refractivity contribution is 0.374.